The molecule has 1 aliphatic carbocycles. The summed E-state index contributed by atoms with van der Waals surface area (Å²) in [6.45, 7) is 3.64. The van der Waals surface area contributed by atoms with Crippen molar-refractivity contribution >= 4 is 45.1 Å². The minimum absolute atomic E-state index is 0.0294. The predicted octanol–water partition coefficient (Wildman–Crippen LogP) is 3.94. The highest BCUT2D eigenvalue weighted by molar-refractivity contribution is 7.91. The Morgan fingerprint density at radius 1 is 1.23 bits per heavy atom. The first-order valence-electron chi connectivity index (χ1n) is 9.42. The monoisotopic (exact) mass is 447 g/mol. The summed E-state index contributed by atoms with van der Waals surface area (Å²) in [5, 5.41) is 6.77. The zero-order chi connectivity index (χ0) is 21.3. The third-order valence-corrected chi connectivity index (χ3v) is 7.53. The number of nitrogens with one attached hydrogen (secondary N) is 2. The molecule has 3 heterocycles. The van der Waals surface area contributed by atoms with Crippen molar-refractivity contribution in [2.45, 2.75) is 37.4 Å². The van der Waals surface area contributed by atoms with Gasteiger partial charge in [-0.15, -0.1) is 11.3 Å². The predicted molar refractivity (Wildman–Crippen MR) is 113 cm³/mol. The Morgan fingerprint density at radius 2 is 2.03 bits per heavy atom. The van der Waals surface area contributed by atoms with Crippen LogP contribution in [-0.2, 0) is 21.4 Å². The van der Waals surface area contributed by atoms with E-state index in [4.69, 9.17) is 8.94 Å². The Labute approximate surface area is 178 Å². The molecule has 1 amide bonds. The van der Waals surface area contributed by atoms with E-state index in [1.54, 1.807) is 50.3 Å². The molecule has 0 spiro atoms. The van der Waals surface area contributed by atoms with Gasteiger partial charge in [0.15, 0.2) is 5.76 Å². The smallest absolute Gasteiger partial charge is 0.250 e. The topological polar surface area (TPSA) is 114 Å². The molecule has 158 valence electrons. The summed E-state index contributed by atoms with van der Waals surface area (Å²) >= 11 is 1.12. The largest absolute Gasteiger partial charge is 0.465 e. The Morgan fingerprint density at radius 3 is 2.73 bits per heavy atom. The van der Waals surface area contributed by atoms with Crippen molar-refractivity contribution in [2.75, 3.05) is 5.32 Å². The number of thiophene rings is 1. The Hall–Kier alpha value is -2.69. The number of nitrogens with zero attached hydrogens (tertiary/aromatic N) is 1. The molecule has 1 fully saturated rings. The first-order chi connectivity index (χ1) is 14.3. The van der Waals surface area contributed by atoms with E-state index in [1.807, 2.05) is 0 Å². The molecule has 0 radical (unpaired) electrons. The molecule has 0 atom stereocenters. The fourth-order valence-corrected chi connectivity index (χ4v) is 5.03. The van der Waals surface area contributed by atoms with Crippen molar-refractivity contribution < 1.29 is 22.2 Å². The molecule has 30 heavy (non-hydrogen) atoms. The molecule has 4 rings (SSSR count). The number of carbonyl (C=O) groups is 1. The fraction of sp³-hybridized carbons (Fsp3) is 0.300. The van der Waals surface area contributed by atoms with Gasteiger partial charge in [-0.25, -0.2) is 13.1 Å². The lowest BCUT2D eigenvalue weighted by atomic mass is 10.2. The van der Waals surface area contributed by atoms with Crippen LogP contribution in [-0.4, -0.2) is 19.5 Å². The maximum Gasteiger partial charge on any atom is 0.250 e. The summed E-state index contributed by atoms with van der Waals surface area (Å²) in [6, 6.07) is 6.77. The molecule has 0 aliphatic heterocycles. The number of rotatable bonds is 8. The normalized spacial score (nSPS) is 14.5. The maximum absolute atomic E-state index is 12.5. The number of furan rings is 1. The summed E-state index contributed by atoms with van der Waals surface area (Å²) in [5.74, 6) is 1.74. The van der Waals surface area contributed by atoms with Crippen molar-refractivity contribution in [1.29, 1.82) is 0 Å². The number of aryl methyl sites for hydroxylation is 2. The third-order valence-electron chi connectivity index (χ3n) is 4.58. The molecule has 1 saturated carbocycles. The van der Waals surface area contributed by atoms with Gasteiger partial charge >= 0.3 is 0 Å². The van der Waals surface area contributed by atoms with Gasteiger partial charge in [-0.3, -0.25) is 4.79 Å². The van der Waals surface area contributed by atoms with Crippen LogP contribution in [0.15, 0.2) is 37.4 Å². The quantitative estimate of drug-likeness (QED) is 0.540. The molecule has 0 bridgehead atoms. The van der Waals surface area contributed by atoms with E-state index in [9.17, 15) is 13.2 Å². The van der Waals surface area contributed by atoms with Gasteiger partial charge in [0.25, 0.3) is 0 Å². The number of sulfonamides is 1. The summed E-state index contributed by atoms with van der Waals surface area (Å²) in [4.78, 5) is 12.8. The van der Waals surface area contributed by atoms with Crippen LogP contribution in [0.5, 0.6) is 0 Å². The van der Waals surface area contributed by atoms with Crippen LogP contribution in [0.1, 0.15) is 40.7 Å². The maximum atomic E-state index is 12.5. The zero-order valence-electron chi connectivity index (χ0n) is 16.5. The fourth-order valence-electron chi connectivity index (χ4n) is 2.77. The van der Waals surface area contributed by atoms with Gasteiger partial charge in [-0.2, -0.15) is 0 Å². The van der Waals surface area contributed by atoms with Gasteiger partial charge in [0, 0.05) is 10.8 Å². The minimum atomic E-state index is -3.65. The van der Waals surface area contributed by atoms with E-state index in [0.29, 0.717) is 22.9 Å². The lowest BCUT2D eigenvalue weighted by Crippen LogP contribution is -2.22. The standard InChI is InChI=1S/C20H21N3O5S2/c1-12-3-6-15(27-12)11-21-30(25,26)18-10-8-16(29-18)7-9-17-19(13(2)23-28-17)22-20(24)14-4-5-14/h3,6-10,14,21H,4-5,11H2,1-2H3,(H,22,24)/b9-7+. The van der Waals surface area contributed by atoms with Crippen LogP contribution in [0, 0.1) is 19.8 Å². The average molecular weight is 448 g/mol. The highest BCUT2D eigenvalue weighted by Crippen LogP contribution is 2.32. The molecular formula is C20H21N3O5S2. The third kappa shape index (κ3) is 4.72. The zero-order valence-corrected chi connectivity index (χ0v) is 18.1. The van der Waals surface area contributed by atoms with Crippen LogP contribution >= 0.6 is 11.3 Å². The van der Waals surface area contributed by atoms with Gasteiger partial charge in [-0.1, -0.05) is 5.16 Å². The van der Waals surface area contributed by atoms with Gasteiger partial charge < -0.3 is 14.3 Å². The highest BCUT2D eigenvalue weighted by Gasteiger charge is 2.30. The first-order valence-corrected chi connectivity index (χ1v) is 11.7. The van der Waals surface area contributed by atoms with E-state index in [-0.39, 0.29) is 22.6 Å². The highest BCUT2D eigenvalue weighted by atomic mass is 32.2. The van der Waals surface area contributed by atoms with Crippen LogP contribution in [0.2, 0.25) is 0 Å². The minimum Gasteiger partial charge on any atom is -0.465 e. The van der Waals surface area contributed by atoms with Gasteiger partial charge in [0.1, 0.15) is 27.1 Å². The van der Waals surface area contributed by atoms with Crippen LogP contribution in [0.3, 0.4) is 0 Å². The summed E-state index contributed by atoms with van der Waals surface area (Å²) in [7, 11) is -3.65. The summed E-state index contributed by atoms with van der Waals surface area (Å²) in [5.41, 5.74) is 1.14. The summed E-state index contributed by atoms with van der Waals surface area (Å²) in [6.07, 6.45) is 5.21. The number of anilines is 1. The SMILES string of the molecule is Cc1ccc(CNS(=O)(=O)c2ccc(/C=C/c3onc(C)c3NC(=O)C3CC3)s2)o1. The summed E-state index contributed by atoms with van der Waals surface area (Å²) < 4.78 is 38.4. The lowest BCUT2D eigenvalue weighted by molar-refractivity contribution is -0.117. The van der Waals surface area contributed by atoms with Crippen LogP contribution in [0.4, 0.5) is 5.69 Å². The van der Waals surface area contributed by atoms with Crippen molar-refractivity contribution in [2.24, 2.45) is 5.92 Å². The van der Waals surface area contributed by atoms with Gasteiger partial charge in [0.05, 0.1) is 6.54 Å². The molecule has 0 unspecified atom stereocenters. The molecule has 3 aromatic rings. The van der Waals surface area contributed by atoms with Gasteiger partial charge in [0.2, 0.25) is 15.9 Å². The van der Waals surface area contributed by atoms with Crippen LogP contribution < -0.4 is 10.0 Å². The molecule has 1 aliphatic rings. The molecule has 8 nitrogen and oxygen atoms in total. The second-order valence-corrected chi connectivity index (χ2v) is 10.2. The number of amides is 1. The Kier molecular flexibility index (Phi) is 5.63. The lowest BCUT2D eigenvalue weighted by Gasteiger charge is -2.02. The van der Waals surface area contributed by atoms with E-state index < -0.39 is 10.0 Å². The second-order valence-electron chi connectivity index (χ2n) is 7.10. The van der Waals surface area contributed by atoms with E-state index >= 15 is 0 Å². The number of carbonyl (C=O) groups excluding carboxylic acids is 1. The van der Waals surface area contributed by atoms with Crippen molar-refractivity contribution in [3.8, 4) is 0 Å². The van der Waals surface area contributed by atoms with Crippen molar-refractivity contribution in [3.05, 3.63) is 52.1 Å². The van der Waals surface area contributed by atoms with E-state index in [0.717, 1.165) is 34.8 Å². The number of aromatic nitrogens is 1. The average Bonchev–Trinajstić information content (AvgIpc) is 3.14. The van der Waals surface area contributed by atoms with Crippen molar-refractivity contribution in [3.63, 3.8) is 0 Å². The first kappa shape index (κ1) is 20.6. The molecule has 0 aromatic carbocycles. The van der Waals surface area contributed by atoms with E-state index in [1.165, 1.54) is 0 Å². The van der Waals surface area contributed by atoms with E-state index in [2.05, 4.69) is 15.2 Å². The Balaban J connectivity index is 1.44. The van der Waals surface area contributed by atoms with Crippen LogP contribution in [0.25, 0.3) is 12.2 Å². The van der Waals surface area contributed by atoms with Gasteiger partial charge in [-0.05, 0) is 63.1 Å². The molecule has 2 N–H and O–H groups in total. The second kappa shape index (κ2) is 8.21. The Bertz CT molecular complexity index is 1200. The number of hydrogen-bond acceptors (Lipinski definition) is 7. The van der Waals surface area contributed by atoms with Crippen molar-refractivity contribution in [1.82, 2.24) is 9.88 Å². The molecule has 0 saturated heterocycles. The molecule has 3 aromatic heterocycles. The number of hydrogen-bond donors (Lipinski definition) is 2. The molecular weight excluding hydrogens is 426 g/mol. The molecule has 10 heteroatoms.